The third kappa shape index (κ3) is 13.3. The zero-order valence-electron chi connectivity index (χ0n) is 36.7. The maximum Gasteiger partial charge on any atom is 0.419 e. The highest BCUT2D eigenvalue weighted by Crippen LogP contribution is 2.41. The molecular weight excluding hydrogens is 1020 g/mol. The molecule has 0 aromatic heterocycles. The number of nitrogens with zero attached hydrogens (tertiary/aromatic N) is 4. The molecule has 0 aliphatic rings. The second-order valence-corrected chi connectivity index (χ2v) is 16.5. The van der Waals surface area contributed by atoms with Gasteiger partial charge in [0.25, 0.3) is 23.6 Å². The van der Waals surface area contributed by atoms with Gasteiger partial charge in [0.1, 0.15) is 11.4 Å². The molecule has 366 valence electrons. The molecule has 0 saturated carbocycles. The Balaban J connectivity index is 1.33. The largest absolute Gasteiger partial charge is 0.419 e. The number of azo groups is 2. The average molecular weight is 1050 g/mol. The molecule has 0 bridgehead atoms. The van der Waals surface area contributed by atoms with Crippen molar-refractivity contribution in [3.8, 4) is 0 Å². The number of carbonyl (C=O) groups is 6. The normalized spacial score (nSPS) is 12.7. The number of hydrogen-bond acceptors (Lipinski definition) is 10. The Morgan fingerprint density at radius 3 is 1.27 bits per heavy atom. The van der Waals surface area contributed by atoms with Crippen molar-refractivity contribution in [1.29, 1.82) is 0 Å². The van der Waals surface area contributed by atoms with Gasteiger partial charge >= 0.3 is 12.4 Å². The standard InChI is InChI=1S/C46H36Cl4F6N8O6/c1-5-23-17-27(57-43(69)38(21(3)65)63-61-34-19-25(13-15-28(34)47)41(67)58-32-11-7-9-30(49)36(32)45(51,52)53)18-24(6-2)40(23)60-44(70)39(22(4)66)64-62-35-20-26(14-16-29(35)48)42(68)59-33-12-8-10-31(50)37(33)46(54,55)56/h7-20,38-39H,5-6H2,1-4H3,(H,57,69)(H,58,67)(H,59,68)(H,60,70). The van der Waals surface area contributed by atoms with Crippen LogP contribution in [0.15, 0.2) is 105 Å². The molecule has 0 saturated heterocycles. The second kappa shape index (κ2) is 22.8. The van der Waals surface area contributed by atoms with E-state index >= 15 is 0 Å². The maximum atomic E-state index is 13.7. The van der Waals surface area contributed by atoms with Crippen molar-refractivity contribution in [2.75, 3.05) is 21.3 Å². The third-order valence-corrected chi connectivity index (χ3v) is 11.2. The lowest BCUT2D eigenvalue weighted by atomic mass is 10.0. The first kappa shape index (κ1) is 54.2. The molecule has 14 nitrogen and oxygen atoms in total. The van der Waals surface area contributed by atoms with Crippen molar-refractivity contribution in [3.63, 3.8) is 0 Å². The van der Waals surface area contributed by atoms with E-state index in [-0.39, 0.29) is 56.8 Å². The summed E-state index contributed by atoms with van der Waals surface area (Å²) in [5.41, 5.74) is -3.24. The van der Waals surface area contributed by atoms with E-state index in [9.17, 15) is 55.1 Å². The monoisotopic (exact) mass is 1050 g/mol. The summed E-state index contributed by atoms with van der Waals surface area (Å²) in [6.45, 7) is 5.60. The Kier molecular flexibility index (Phi) is 17.6. The molecule has 0 spiro atoms. The molecule has 4 N–H and O–H groups in total. The Hall–Kier alpha value is -6.74. The number of nitrogens with one attached hydrogen (secondary N) is 4. The molecule has 0 radical (unpaired) electrons. The van der Waals surface area contributed by atoms with Crippen LogP contribution in [-0.4, -0.2) is 47.3 Å². The zero-order valence-corrected chi connectivity index (χ0v) is 39.7. The van der Waals surface area contributed by atoms with E-state index in [1.807, 2.05) is 0 Å². The van der Waals surface area contributed by atoms with Gasteiger partial charge in [0.2, 0.25) is 12.1 Å². The zero-order chi connectivity index (χ0) is 51.8. The number of halogens is 10. The van der Waals surface area contributed by atoms with Gasteiger partial charge in [-0.05, 0) is 111 Å². The van der Waals surface area contributed by atoms with Gasteiger partial charge in [-0.2, -0.15) is 46.8 Å². The Morgan fingerprint density at radius 1 is 0.529 bits per heavy atom. The minimum atomic E-state index is -4.90. The lowest BCUT2D eigenvalue weighted by Gasteiger charge is -2.19. The van der Waals surface area contributed by atoms with Crippen molar-refractivity contribution >= 4 is 116 Å². The summed E-state index contributed by atoms with van der Waals surface area (Å²) in [5.74, 6) is -5.40. The first-order chi connectivity index (χ1) is 32.8. The molecule has 2 unspecified atom stereocenters. The van der Waals surface area contributed by atoms with Crippen LogP contribution in [0.2, 0.25) is 20.1 Å². The Morgan fingerprint density at radius 2 is 0.914 bits per heavy atom. The van der Waals surface area contributed by atoms with Crippen molar-refractivity contribution < 1.29 is 55.1 Å². The molecule has 0 fully saturated rings. The van der Waals surface area contributed by atoms with Crippen molar-refractivity contribution in [2.24, 2.45) is 20.5 Å². The van der Waals surface area contributed by atoms with Crippen molar-refractivity contribution in [2.45, 2.75) is 65.0 Å². The highest BCUT2D eigenvalue weighted by Gasteiger charge is 2.38. The van der Waals surface area contributed by atoms with E-state index < -0.39 is 92.2 Å². The van der Waals surface area contributed by atoms with Gasteiger partial charge in [-0.25, -0.2) is 0 Å². The molecule has 0 aliphatic carbocycles. The van der Waals surface area contributed by atoms with Crippen LogP contribution >= 0.6 is 46.4 Å². The maximum absolute atomic E-state index is 13.7. The number of rotatable bonds is 16. The molecular formula is C46H36Cl4F6N8O6. The SMILES string of the molecule is CCc1cc(NC(=O)C(N=Nc2cc(C(=O)Nc3cccc(Cl)c3C(F)(F)F)ccc2Cl)C(C)=O)cc(CC)c1NC(=O)C(N=Nc1cc(C(=O)Nc2cccc(Cl)c2C(F)(F)F)ccc1Cl)C(C)=O. The summed E-state index contributed by atoms with van der Waals surface area (Å²) in [7, 11) is 0. The number of carbonyl (C=O) groups excluding carboxylic acids is 6. The molecule has 0 heterocycles. The van der Waals surface area contributed by atoms with E-state index in [0.717, 1.165) is 50.2 Å². The van der Waals surface area contributed by atoms with E-state index in [1.54, 1.807) is 13.8 Å². The quantitative estimate of drug-likeness (QED) is 0.0430. The van der Waals surface area contributed by atoms with Gasteiger partial charge < -0.3 is 21.3 Å². The minimum Gasteiger partial charge on any atom is -0.324 e. The molecule has 4 amide bonds. The summed E-state index contributed by atoms with van der Waals surface area (Å²) < 4.78 is 82.1. The van der Waals surface area contributed by atoms with Crippen LogP contribution in [0.4, 0.5) is 60.5 Å². The number of benzene rings is 5. The molecule has 5 aromatic carbocycles. The van der Waals surface area contributed by atoms with Crippen LogP contribution in [0.3, 0.4) is 0 Å². The predicted octanol–water partition coefficient (Wildman–Crippen LogP) is 13.3. The minimum absolute atomic E-state index is 0.0870. The summed E-state index contributed by atoms with van der Waals surface area (Å²) in [6, 6.07) is 12.9. The highest BCUT2D eigenvalue weighted by atomic mass is 35.5. The van der Waals surface area contributed by atoms with Gasteiger partial charge in [0, 0.05) is 22.5 Å². The van der Waals surface area contributed by atoms with E-state index in [0.29, 0.717) is 11.1 Å². The number of anilines is 4. The number of Topliss-reactive ketones (excluding diaryl/α,β-unsaturated/α-hetero) is 2. The second-order valence-electron chi connectivity index (χ2n) is 14.9. The molecule has 2 atom stereocenters. The van der Waals surface area contributed by atoms with E-state index in [2.05, 4.69) is 41.7 Å². The summed E-state index contributed by atoms with van der Waals surface area (Å²) in [6.07, 6.45) is -9.27. The van der Waals surface area contributed by atoms with E-state index in [1.165, 1.54) is 48.5 Å². The van der Waals surface area contributed by atoms with Gasteiger partial charge in [-0.15, -0.1) is 0 Å². The van der Waals surface area contributed by atoms with Gasteiger partial charge in [0.15, 0.2) is 11.6 Å². The molecule has 5 aromatic rings. The number of aryl methyl sites for hydroxylation is 2. The molecule has 0 aliphatic heterocycles. The van der Waals surface area contributed by atoms with Gasteiger partial charge in [-0.1, -0.05) is 72.4 Å². The topological polar surface area (TPSA) is 200 Å². The number of hydrogen-bond donors (Lipinski definition) is 4. The van der Waals surface area contributed by atoms with Crippen LogP contribution in [-0.2, 0) is 44.4 Å². The number of ketones is 2. The Bertz CT molecular complexity index is 2940. The summed E-state index contributed by atoms with van der Waals surface area (Å²) >= 11 is 24.1. The number of amides is 4. The molecule has 70 heavy (non-hydrogen) atoms. The Labute approximate surface area is 414 Å². The van der Waals surface area contributed by atoms with Gasteiger partial charge in [-0.3, -0.25) is 28.8 Å². The van der Waals surface area contributed by atoms with Crippen LogP contribution < -0.4 is 21.3 Å². The third-order valence-electron chi connectivity index (χ3n) is 9.92. The fourth-order valence-electron chi connectivity index (χ4n) is 6.52. The molecule has 5 rings (SSSR count). The summed E-state index contributed by atoms with van der Waals surface area (Å²) in [5, 5.41) is 23.7. The highest BCUT2D eigenvalue weighted by molar-refractivity contribution is 6.34. The first-order valence-electron chi connectivity index (χ1n) is 20.4. The van der Waals surface area contributed by atoms with Crippen LogP contribution in [0.25, 0.3) is 0 Å². The predicted molar refractivity (Wildman–Crippen MR) is 252 cm³/mol. The number of alkyl halides is 6. The first-order valence-corrected chi connectivity index (χ1v) is 21.9. The summed E-state index contributed by atoms with van der Waals surface area (Å²) in [4.78, 5) is 78.7. The van der Waals surface area contributed by atoms with Crippen molar-refractivity contribution in [3.05, 3.63) is 138 Å². The van der Waals surface area contributed by atoms with Crippen LogP contribution in [0.5, 0.6) is 0 Å². The fraction of sp³-hybridized carbons (Fsp3) is 0.217. The van der Waals surface area contributed by atoms with Crippen LogP contribution in [0, 0.1) is 0 Å². The lowest BCUT2D eigenvalue weighted by molar-refractivity contribution is -0.137. The molecule has 24 heteroatoms. The fourth-order valence-corrected chi connectivity index (χ4v) is 7.39. The van der Waals surface area contributed by atoms with E-state index in [4.69, 9.17) is 46.4 Å². The van der Waals surface area contributed by atoms with Crippen molar-refractivity contribution in [1.82, 2.24) is 0 Å². The average Bonchev–Trinajstić information content (AvgIpc) is 3.26. The van der Waals surface area contributed by atoms with Gasteiger partial charge in [0.05, 0.1) is 42.6 Å². The smallest absolute Gasteiger partial charge is 0.324 e. The van der Waals surface area contributed by atoms with Crippen LogP contribution in [0.1, 0.15) is 70.7 Å². The lowest BCUT2D eigenvalue weighted by Crippen LogP contribution is -2.33.